The number of hydrogen-bond acceptors (Lipinski definition) is 4. The number of rotatable bonds is 10. The average molecular weight is 367 g/mol. The lowest BCUT2D eigenvalue weighted by Gasteiger charge is -2.06. The van der Waals surface area contributed by atoms with E-state index in [0.29, 0.717) is 23.1 Å². The highest BCUT2D eigenvalue weighted by Crippen LogP contribution is 2.21. The van der Waals surface area contributed by atoms with Crippen LogP contribution in [-0.2, 0) is 16.0 Å². The number of hydrazone groups is 1. The number of phenols is 1. The maximum Gasteiger partial charge on any atom is 0.259 e. The van der Waals surface area contributed by atoms with Gasteiger partial charge >= 0.3 is 0 Å². The number of benzene rings is 1. The van der Waals surface area contributed by atoms with E-state index in [9.17, 15) is 14.7 Å². The highest BCUT2D eigenvalue weighted by molar-refractivity contribution is 5.98. The van der Waals surface area contributed by atoms with Crippen molar-refractivity contribution in [2.75, 3.05) is 6.54 Å². The zero-order valence-corrected chi connectivity index (χ0v) is 15.4. The van der Waals surface area contributed by atoms with Crippen LogP contribution in [0.4, 0.5) is 0 Å². The molecule has 1 aromatic rings. The summed E-state index contributed by atoms with van der Waals surface area (Å²) in [6, 6.07) is 5.23. The Labute approximate surface area is 159 Å². The van der Waals surface area contributed by atoms with Gasteiger partial charge in [-0.3, -0.25) is 9.59 Å². The molecule has 0 unspecified atom stereocenters. The van der Waals surface area contributed by atoms with Crippen LogP contribution in [0.15, 0.2) is 72.4 Å². The third-order valence-corrected chi connectivity index (χ3v) is 3.41. The van der Waals surface area contributed by atoms with Crippen molar-refractivity contribution in [3.63, 3.8) is 0 Å². The zero-order chi connectivity index (χ0) is 20.1. The first kappa shape index (κ1) is 21.6. The molecule has 0 atom stereocenters. The summed E-state index contributed by atoms with van der Waals surface area (Å²) in [5.74, 6) is -0.780. The predicted octanol–water partition coefficient (Wildman–Crippen LogP) is 2.77. The Morgan fingerprint density at radius 3 is 2.74 bits per heavy atom. The second kappa shape index (κ2) is 12.0. The van der Waals surface area contributed by atoms with Gasteiger partial charge in [-0.25, -0.2) is 5.43 Å². The first-order valence-corrected chi connectivity index (χ1v) is 8.54. The van der Waals surface area contributed by atoms with Gasteiger partial charge in [0.1, 0.15) is 5.75 Å². The highest BCUT2D eigenvalue weighted by Gasteiger charge is 2.08. The number of carbonyl (C=O) groups excluding carboxylic acids is 2. The number of amides is 2. The molecule has 0 spiro atoms. The summed E-state index contributed by atoms with van der Waals surface area (Å²) in [4.78, 5) is 23.9. The zero-order valence-electron chi connectivity index (χ0n) is 15.4. The molecule has 1 aromatic carbocycles. The number of nitrogens with zero attached hydrogens (tertiary/aromatic N) is 1. The average Bonchev–Trinajstić information content (AvgIpc) is 2.66. The molecule has 0 bridgehead atoms. The van der Waals surface area contributed by atoms with E-state index in [1.54, 1.807) is 36.4 Å². The van der Waals surface area contributed by atoms with Gasteiger partial charge in [-0.1, -0.05) is 56.0 Å². The number of hydrogen-bond donors (Lipinski definition) is 3. The lowest BCUT2D eigenvalue weighted by molar-refractivity contribution is -0.124. The second-order valence-corrected chi connectivity index (χ2v) is 5.49. The normalized spacial score (nSPS) is 11.5. The lowest BCUT2D eigenvalue weighted by atomic mass is 10.1. The molecule has 0 aromatic heterocycles. The molecular formula is C21H25N3O3. The molecule has 0 aliphatic rings. The number of allylic oxidation sites excluding steroid dienone is 4. The summed E-state index contributed by atoms with van der Waals surface area (Å²) in [6.07, 6.45) is 10.9. The number of aromatic hydroxyl groups is 1. The maximum atomic E-state index is 12.0. The van der Waals surface area contributed by atoms with Crippen LogP contribution in [0.25, 0.3) is 0 Å². The molecule has 0 heterocycles. The fourth-order valence-corrected chi connectivity index (χ4v) is 2.09. The van der Waals surface area contributed by atoms with E-state index in [-0.39, 0.29) is 18.2 Å². The SMILES string of the molecule is C=CC=C(C=CCC)C(=O)NCC(=O)NN=Cc1cccc(CC=C)c1O. The van der Waals surface area contributed by atoms with E-state index < -0.39 is 5.91 Å². The van der Waals surface area contributed by atoms with E-state index in [0.717, 1.165) is 6.42 Å². The summed E-state index contributed by atoms with van der Waals surface area (Å²) in [7, 11) is 0. The Balaban J connectivity index is 2.59. The summed E-state index contributed by atoms with van der Waals surface area (Å²) in [6.45, 7) is 8.93. The van der Waals surface area contributed by atoms with Crippen LogP contribution in [0.5, 0.6) is 5.75 Å². The predicted molar refractivity (Wildman–Crippen MR) is 108 cm³/mol. The number of nitrogens with one attached hydrogen (secondary N) is 2. The van der Waals surface area contributed by atoms with Gasteiger partial charge in [0.15, 0.2) is 0 Å². The molecule has 27 heavy (non-hydrogen) atoms. The summed E-state index contributed by atoms with van der Waals surface area (Å²) < 4.78 is 0. The number of para-hydroxylation sites is 1. The minimum atomic E-state index is -0.487. The van der Waals surface area contributed by atoms with E-state index in [1.165, 1.54) is 12.3 Å². The van der Waals surface area contributed by atoms with Crippen LogP contribution in [0.2, 0.25) is 0 Å². The first-order chi connectivity index (χ1) is 13.0. The van der Waals surface area contributed by atoms with Gasteiger partial charge < -0.3 is 10.4 Å². The molecule has 0 fully saturated rings. The van der Waals surface area contributed by atoms with Crippen molar-refractivity contribution < 1.29 is 14.7 Å². The third-order valence-electron chi connectivity index (χ3n) is 3.41. The van der Waals surface area contributed by atoms with Crippen LogP contribution in [0, 0.1) is 0 Å². The van der Waals surface area contributed by atoms with Crippen LogP contribution >= 0.6 is 0 Å². The molecule has 0 aliphatic carbocycles. The Hall–Kier alpha value is -3.41. The lowest BCUT2D eigenvalue weighted by Crippen LogP contribution is -2.35. The van der Waals surface area contributed by atoms with E-state index in [1.807, 2.05) is 13.0 Å². The summed E-state index contributed by atoms with van der Waals surface area (Å²) in [5.41, 5.74) is 3.90. The molecular weight excluding hydrogens is 342 g/mol. The second-order valence-electron chi connectivity index (χ2n) is 5.49. The van der Waals surface area contributed by atoms with Crippen LogP contribution < -0.4 is 10.7 Å². The summed E-state index contributed by atoms with van der Waals surface area (Å²) in [5, 5.41) is 16.4. The van der Waals surface area contributed by atoms with Crippen LogP contribution in [0.3, 0.4) is 0 Å². The van der Waals surface area contributed by atoms with Crippen LogP contribution in [0.1, 0.15) is 24.5 Å². The van der Waals surface area contributed by atoms with Gasteiger partial charge in [0.2, 0.25) is 0 Å². The Morgan fingerprint density at radius 1 is 1.30 bits per heavy atom. The van der Waals surface area contributed by atoms with Crippen molar-refractivity contribution in [3.05, 3.63) is 78.4 Å². The Morgan fingerprint density at radius 2 is 2.07 bits per heavy atom. The molecule has 0 saturated heterocycles. The molecule has 6 heteroatoms. The maximum absolute atomic E-state index is 12.0. The fourth-order valence-electron chi connectivity index (χ4n) is 2.09. The fraction of sp³-hybridized carbons (Fsp3) is 0.190. The monoisotopic (exact) mass is 367 g/mol. The molecule has 142 valence electrons. The molecule has 2 amide bonds. The number of carbonyl (C=O) groups is 2. The quantitative estimate of drug-likeness (QED) is 0.195. The van der Waals surface area contributed by atoms with Crippen molar-refractivity contribution in [2.24, 2.45) is 5.10 Å². The van der Waals surface area contributed by atoms with Gasteiger partial charge in [0.25, 0.3) is 11.8 Å². The van der Waals surface area contributed by atoms with Gasteiger partial charge in [-0.2, -0.15) is 5.10 Å². The van der Waals surface area contributed by atoms with E-state index in [4.69, 9.17) is 0 Å². The molecule has 0 saturated carbocycles. The standard InChI is InChI=1S/C21H25N3O3/c1-4-7-11-17(10-6-3)21(27)22-15-19(25)24-23-14-18-13-8-12-16(9-5-2)20(18)26/h5-8,10-14,26H,2-4,9,15H2,1H3,(H,22,27)(H,24,25). The number of phenolic OH excluding ortho intramolecular Hbond substituents is 1. The minimum absolute atomic E-state index is 0.0885. The molecule has 3 N–H and O–H groups in total. The van der Waals surface area contributed by atoms with Crippen molar-refractivity contribution >= 4 is 18.0 Å². The van der Waals surface area contributed by atoms with E-state index >= 15 is 0 Å². The van der Waals surface area contributed by atoms with Crippen molar-refractivity contribution in [3.8, 4) is 5.75 Å². The Bertz CT molecular complexity index is 777. The highest BCUT2D eigenvalue weighted by atomic mass is 16.3. The topological polar surface area (TPSA) is 90.8 Å². The van der Waals surface area contributed by atoms with Gasteiger partial charge in [0.05, 0.1) is 12.8 Å². The molecule has 0 aliphatic heterocycles. The van der Waals surface area contributed by atoms with E-state index in [2.05, 4.69) is 29.0 Å². The molecule has 0 radical (unpaired) electrons. The van der Waals surface area contributed by atoms with Crippen LogP contribution in [-0.4, -0.2) is 29.7 Å². The van der Waals surface area contributed by atoms with Crippen molar-refractivity contribution in [1.29, 1.82) is 0 Å². The van der Waals surface area contributed by atoms with Gasteiger partial charge in [-0.05, 0) is 24.5 Å². The van der Waals surface area contributed by atoms with Gasteiger partial charge in [0, 0.05) is 11.1 Å². The minimum Gasteiger partial charge on any atom is -0.507 e. The largest absolute Gasteiger partial charge is 0.507 e. The van der Waals surface area contributed by atoms with Crippen molar-refractivity contribution in [2.45, 2.75) is 19.8 Å². The molecule has 6 nitrogen and oxygen atoms in total. The smallest absolute Gasteiger partial charge is 0.259 e. The summed E-state index contributed by atoms with van der Waals surface area (Å²) >= 11 is 0. The first-order valence-electron chi connectivity index (χ1n) is 8.54. The third kappa shape index (κ3) is 7.56. The van der Waals surface area contributed by atoms with Gasteiger partial charge in [-0.15, -0.1) is 6.58 Å². The van der Waals surface area contributed by atoms with Crippen molar-refractivity contribution in [1.82, 2.24) is 10.7 Å². The molecule has 1 rings (SSSR count). The Kier molecular flexibility index (Phi) is 9.64.